The first-order valence-corrected chi connectivity index (χ1v) is 9.14. The van der Waals surface area contributed by atoms with Crippen LogP contribution < -0.4 is 25.6 Å². The van der Waals surface area contributed by atoms with E-state index in [1.54, 1.807) is 20.4 Å². The Morgan fingerprint density at radius 3 is 2.64 bits per heavy atom. The van der Waals surface area contributed by atoms with Gasteiger partial charge in [-0.3, -0.25) is 15.6 Å². The number of thiocarbonyl (C=S) groups is 1. The van der Waals surface area contributed by atoms with Crippen LogP contribution in [0, 0.1) is 0 Å². The third kappa shape index (κ3) is 4.52. The van der Waals surface area contributed by atoms with Gasteiger partial charge < -0.3 is 19.8 Å². The average Bonchev–Trinajstić information content (AvgIpc) is 3.16. The van der Waals surface area contributed by atoms with Crippen molar-refractivity contribution in [2.24, 2.45) is 0 Å². The Bertz CT molecular complexity index is 986. The number of fused-ring (bicyclic) bond motifs is 1. The molecule has 0 aliphatic heterocycles. The van der Waals surface area contributed by atoms with Crippen LogP contribution in [0.15, 0.2) is 48.7 Å². The van der Waals surface area contributed by atoms with Crippen LogP contribution in [0.1, 0.15) is 15.9 Å². The van der Waals surface area contributed by atoms with Crippen molar-refractivity contribution < 1.29 is 14.3 Å². The van der Waals surface area contributed by atoms with Crippen molar-refractivity contribution in [1.82, 2.24) is 21.2 Å². The smallest absolute Gasteiger partial charge is 0.271 e. The van der Waals surface area contributed by atoms with Gasteiger partial charge in [0.05, 0.1) is 19.8 Å². The number of para-hydroxylation sites is 1. The van der Waals surface area contributed by atoms with E-state index in [0.717, 1.165) is 22.9 Å². The van der Waals surface area contributed by atoms with E-state index >= 15 is 0 Å². The second-order valence-corrected chi connectivity index (χ2v) is 6.43. The minimum absolute atomic E-state index is 0.263. The van der Waals surface area contributed by atoms with Gasteiger partial charge in [-0.25, -0.2) is 0 Å². The predicted molar refractivity (Wildman–Crippen MR) is 113 cm³/mol. The van der Waals surface area contributed by atoms with Gasteiger partial charge in [0.25, 0.3) is 5.91 Å². The average molecular weight is 398 g/mol. The maximum absolute atomic E-state index is 12.3. The summed E-state index contributed by atoms with van der Waals surface area (Å²) in [5, 5.41) is 4.26. The Labute approximate surface area is 168 Å². The normalized spacial score (nSPS) is 10.4. The molecule has 8 heteroatoms. The number of aromatic nitrogens is 1. The summed E-state index contributed by atoms with van der Waals surface area (Å²) in [6.45, 7) is 0.601. The van der Waals surface area contributed by atoms with Crippen LogP contribution >= 0.6 is 12.2 Å². The van der Waals surface area contributed by atoms with Gasteiger partial charge >= 0.3 is 0 Å². The van der Waals surface area contributed by atoms with E-state index in [0.29, 0.717) is 28.7 Å². The van der Waals surface area contributed by atoms with E-state index in [1.165, 1.54) is 0 Å². The standard InChI is InChI=1S/C20H22N4O3S/c1-26-17-8-7-13(11-18(17)27-2)9-10-21-20(28)24-23-19(25)15-12-22-16-6-4-3-5-14(15)16/h3-8,11-12,22H,9-10H2,1-2H3,(H,23,25)(H2,21,24,28). The molecule has 0 saturated carbocycles. The zero-order valence-electron chi connectivity index (χ0n) is 15.7. The largest absolute Gasteiger partial charge is 0.493 e. The zero-order chi connectivity index (χ0) is 19.9. The molecule has 0 aliphatic carbocycles. The first-order valence-electron chi connectivity index (χ1n) is 8.73. The van der Waals surface area contributed by atoms with Gasteiger partial charge in [0.1, 0.15) is 0 Å². The highest BCUT2D eigenvalue weighted by molar-refractivity contribution is 7.80. The van der Waals surface area contributed by atoms with Crippen molar-refractivity contribution in [2.45, 2.75) is 6.42 Å². The van der Waals surface area contributed by atoms with Crippen LogP contribution in [0.25, 0.3) is 10.9 Å². The lowest BCUT2D eigenvalue weighted by atomic mass is 10.1. The SMILES string of the molecule is COc1ccc(CCNC(=S)NNC(=O)c2c[nH]c3ccccc23)cc1OC. The fourth-order valence-corrected chi connectivity index (χ4v) is 2.99. The van der Waals surface area contributed by atoms with E-state index in [4.69, 9.17) is 21.7 Å². The number of aromatic amines is 1. The molecule has 1 aromatic heterocycles. The van der Waals surface area contributed by atoms with Crippen molar-refractivity contribution in [2.75, 3.05) is 20.8 Å². The van der Waals surface area contributed by atoms with Gasteiger partial charge in [0, 0.05) is 23.6 Å². The lowest BCUT2D eigenvalue weighted by Gasteiger charge is -2.12. The summed E-state index contributed by atoms with van der Waals surface area (Å²) in [5.74, 6) is 1.12. The summed E-state index contributed by atoms with van der Waals surface area (Å²) >= 11 is 5.21. The molecule has 4 N–H and O–H groups in total. The van der Waals surface area contributed by atoms with Crippen LogP contribution in [0.2, 0.25) is 0 Å². The molecular weight excluding hydrogens is 376 g/mol. The third-order valence-electron chi connectivity index (χ3n) is 4.27. The molecule has 0 bridgehead atoms. The molecule has 0 atom stereocenters. The van der Waals surface area contributed by atoms with Crippen molar-refractivity contribution in [3.63, 3.8) is 0 Å². The molecule has 1 heterocycles. The highest BCUT2D eigenvalue weighted by atomic mass is 32.1. The van der Waals surface area contributed by atoms with Crippen molar-refractivity contribution in [3.8, 4) is 11.5 Å². The highest BCUT2D eigenvalue weighted by Gasteiger charge is 2.11. The van der Waals surface area contributed by atoms with Gasteiger partial charge in [-0.2, -0.15) is 0 Å². The zero-order valence-corrected chi connectivity index (χ0v) is 16.5. The maximum Gasteiger partial charge on any atom is 0.271 e. The minimum atomic E-state index is -0.263. The Hall–Kier alpha value is -3.26. The van der Waals surface area contributed by atoms with Gasteiger partial charge in [0.15, 0.2) is 16.6 Å². The van der Waals surface area contributed by atoms with Gasteiger partial charge in [-0.05, 0) is 42.4 Å². The molecule has 0 aliphatic rings. The van der Waals surface area contributed by atoms with Gasteiger partial charge in [-0.1, -0.05) is 24.3 Å². The minimum Gasteiger partial charge on any atom is -0.493 e. The Balaban J connectivity index is 1.46. The van der Waals surface area contributed by atoms with E-state index in [-0.39, 0.29) is 5.91 Å². The van der Waals surface area contributed by atoms with Crippen LogP contribution in [0.4, 0.5) is 0 Å². The summed E-state index contributed by atoms with van der Waals surface area (Å²) in [4.78, 5) is 15.4. The van der Waals surface area contributed by atoms with E-state index in [1.807, 2.05) is 42.5 Å². The summed E-state index contributed by atoms with van der Waals surface area (Å²) in [6.07, 6.45) is 2.41. The first kappa shape index (κ1) is 19.5. The number of benzene rings is 2. The number of hydrogen-bond acceptors (Lipinski definition) is 4. The van der Waals surface area contributed by atoms with Gasteiger partial charge in [0.2, 0.25) is 0 Å². The maximum atomic E-state index is 12.3. The molecule has 3 rings (SSSR count). The molecule has 1 amide bonds. The topological polar surface area (TPSA) is 87.4 Å². The molecular formula is C20H22N4O3S. The van der Waals surface area contributed by atoms with Crippen LogP contribution in [0.3, 0.4) is 0 Å². The van der Waals surface area contributed by atoms with E-state index < -0.39 is 0 Å². The Morgan fingerprint density at radius 1 is 1.07 bits per heavy atom. The molecule has 0 spiro atoms. The van der Waals surface area contributed by atoms with Gasteiger partial charge in [-0.15, -0.1) is 0 Å². The number of H-pyrrole nitrogens is 1. The summed E-state index contributed by atoms with van der Waals surface area (Å²) in [5.41, 5.74) is 7.87. The second kappa shape index (κ2) is 9.09. The fraction of sp³-hybridized carbons (Fsp3) is 0.200. The number of carbonyl (C=O) groups excluding carboxylic acids is 1. The number of rotatable bonds is 6. The van der Waals surface area contributed by atoms with Crippen molar-refractivity contribution in [3.05, 3.63) is 59.8 Å². The molecule has 28 heavy (non-hydrogen) atoms. The number of amides is 1. The highest BCUT2D eigenvalue weighted by Crippen LogP contribution is 2.27. The summed E-state index contributed by atoms with van der Waals surface area (Å²) in [7, 11) is 3.21. The summed E-state index contributed by atoms with van der Waals surface area (Å²) < 4.78 is 10.5. The monoisotopic (exact) mass is 398 g/mol. The number of ether oxygens (including phenoxy) is 2. The number of methoxy groups -OCH3 is 2. The van der Waals surface area contributed by atoms with Crippen molar-refractivity contribution in [1.29, 1.82) is 0 Å². The number of nitrogens with one attached hydrogen (secondary N) is 4. The molecule has 0 fully saturated rings. The Morgan fingerprint density at radius 2 is 1.86 bits per heavy atom. The second-order valence-electron chi connectivity index (χ2n) is 6.02. The summed E-state index contributed by atoms with van der Waals surface area (Å²) in [6, 6.07) is 13.4. The molecule has 146 valence electrons. The van der Waals surface area contributed by atoms with E-state index in [9.17, 15) is 4.79 Å². The molecule has 0 saturated heterocycles. The number of hydrazine groups is 1. The lowest BCUT2D eigenvalue weighted by molar-refractivity contribution is 0.0945. The molecule has 0 unspecified atom stereocenters. The third-order valence-corrected chi connectivity index (χ3v) is 4.52. The number of hydrogen-bond donors (Lipinski definition) is 4. The lowest BCUT2D eigenvalue weighted by Crippen LogP contribution is -2.47. The van der Waals surface area contributed by atoms with Crippen LogP contribution in [-0.2, 0) is 6.42 Å². The molecule has 3 aromatic rings. The van der Waals surface area contributed by atoms with E-state index in [2.05, 4.69) is 21.2 Å². The molecule has 7 nitrogen and oxygen atoms in total. The predicted octanol–water partition coefficient (Wildman–Crippen LogP) is 2.54. The quantitative estimate of drug-likeness (QED) is 0.377. The van der Waals surface area contributed by atoms with Crippen LogP contribution in [0.5, 0.6) is 11.5 Å². The molecule has 0 radical (unpaired) electrons. The molecule has 2 aromatic carbocycles. The fourth-order valence-electron chi connectivity index (χ4n) is 2.84. The number of carbonyl (C=O) groups is 1. The Kier molecular flexibility index (Phi) is 6.33. The first-order chi connectivity index (χ1) is 13.6. The van der Waals surface area contributed by atoms with Crippen LogP contribution in [-0.4, -0.2) is 36.8 Å². The van der Waals surface area contributed by atoms with Crippen molar-refractivity contribution >= 4 is 34.1 Å².